The minimum atomic E-state index is 0.373. The normalized spacial score (nSPS) is 13.4. The van der Waals surface area contributed by atoms with Gasteiger partial charge in [0, 0.05) is 13.2 Å². The van der Waals surface area contributed by atoms with Crippen molar-refractivity contribution in [3.63, 3.8) is 0 Å². The number of hydrogen-bond donors (Lipinski definition) is 1. The van der Waals surface area contributed by atoms with E-state index in [4.69, 9.17) is 9.15 Å². The Kier molecular flexibility index (Phi) is 5.63. The van der Waals surface area contributed by atoms with E-state index in [0.717, 1.165) is 22.7 Å². The lowest BCUT2D eigenvalue weighted by molar-refractivity contribution is 0.145. The highest BCUT2D eigenvalue weighted by molar-refractivity contribution is 14.1. The number of rotatable bonds is 6. The van der Waals surface area contributed by atoms with Crippen LogP contribution in [0.5, 0.6) is 0 Å². The second-order valence-corrected chi connectivity index (χ2v) is 4.96. The van der Waals surface area contributed by atoms with Gasteiger partial charge in [-0.05, 0) is 40.6 Å². The molecule has 0 amide bonds. The van der Waals surface area contributed by atoms with Crippen molar-refractivity contribution in [2.24, 2.45) is 5.92 Å². The molecule has 1 N–H and O–H groups in total. The van der Waals surface area contributed by atoms with Crippen molar-refractivity contribution in [2.75, 3.05) is 13.7 Å². The smallest absolute Gasteiger partial charge is 0.164 e. The SMILES string of the molecule is COCC(NCc1ccc(I)o1)C(C)C. The fourth-order valence-electron chi connectivity index (χ4n) is 1.35. The standard InChI is InChI=1S/C11H18INO2/c1-8(2)10(7-14-3)13-6-9-4-5-11(12)15-9/h4-5,8,10,13H,6-7H2,1-3H3. The van der Waals surface area contributed by atoms with Crippen LogP contribution in [0.2, 0.25) is 0 Å². The lowest BCUT2D eigenvalue weighted by Gasteiger charge is -2.20. The summed E-state index contributed by atoms with van der Waals surface area (Å²) in [6.45, 7) is 5.86. The van der Waals surface area contributed by atoms with Crippen LogP contribution in [0.4, 0.5) is 0 Å². The first kappa shape index (κ1) is 13.0. The molecule has 0 bridgehead atoms. The Hall–Kier alpha value is -0.0700. The lowest BCUT2D eigenvalue weighted by atomic mass is 10.1. The van der Waals surface area contributed by atoms with Crippen LogP contribution < -0.4 is 5.32 Å². The van der Waals surface area contributed by atoms with Crippen molar-refractivity contribution < 1.29 is 9.15 Å². The minimum Gasteiger partial charge on any atom is -0.454 e. The predicted molar refractivity (Wildman–Crippen MR) is 68.8 cm³/mol. The van der Waals surface area contributed by atoms with Gasteiger partial charge in [-0.1, -0.05) is 13.8 Å². The fourth-order valence-corrected chi connectivity index (χ4v) is 1.81. The molecule has 0 aliphatic carbocycles. The topological polar surface area (TPSA) is 34.4 Å². The van der Waals surface area contributed by atoms with Gasteiger partial charge in [-0.2, -0.15) is 0 Å². The van der Waals surface area contributed by atoms with Gasteiger partial charge in [0.2, 0.25) is 0 Å². The van der Waals surface area contributed by atoms with Crippen LogP contribution in [0, 0.1) is 9.68 Å². The van der Waals surface area contributed by atoms with Crippen molar-refractivity contribution in [3.05, 3.63) is 21.7 Å². The predicted octanol–water partition coefficient (Wildman–Crippen LogP) is 2.64. The zero-order chi connectivity index (χ0) is 11.3. The van der Waals surface area contributed by atoms with Gasteiger partial charge in [-0.25, -0.2) is 0 Å². The molecule has 0 saturated carbocycles. The summed E-state index contributed by atoms with van der Waals surface area (Å²) in [6.07, 6.45) is 0. The Morgan fingerprint density at radius 1 is 1.47 bits per heavy atom. The van der Waals surface area contributed by atoms with Crippen molar-refractivity contribution in [2.45, 2.75) is 26.4 Å². The van der Waals surface area contributed by atoms with Crippen molar-refractivity contribution >= 4 is 22.6 Å². The second kappa shape index (κ2) is 6.50. The molecule has 0 radical (unpaired) electrons. The summed E-state index contributed by atoms with van der Waals surface area (Å²) in [6, 6.07) is 4.34. The van der Waals surface area contributed by atoms with Crippen LogP contribution in [-0.2, 0) is 11.3 Å². The molecular formula is C11H18INO2. The zero-order valence-electron chi connectivity index (χ0n) is 9.42. The van der Waals surface area contributed by atoms with Crippen LogP contribution in [0.1, 0.15) is 19.6 Å². The number of hydrogen-bond acceptors (Lipinski definition) is 3. The van der Waals surface area contributed by atoms with Crippen molar-refractivity contribution in [3.8, 4) is 0 Å². The molecule has 4 heteroatoms. The highest BCUT2D eigenvalue weighted by atomic mass is 127. The number of furan rings is 1. The molecule has 0 fully saturated rings. The summed E-state index contributed by atoms with van der Waals surface area (Å²) in [5, 5.41) is 3.43. The average Bonchev–Trinajstić information content (AvgIpc) is 2.58. The van der Waals surface area contributed by atoms with Gasteiger partial charge in [-0.3, -0.25) is 0 Å². The zero-order valence-corrected chi connectivity index (χ0v) is 11.6. The first-order chi connectivity index (χ1) is 7.13. The lowest BCUT2D eigenvalue weighted by Crippen LogP contribution is -2.37. The average molecular weight is 323 g/mol. The summed E-state index contributed by atoms with van der Waals surface area (Å²) >= 11 is 2.17. The van der Waals surface area contributed by atoms with E-state index in [2.05, 4.69) is 41.8 Å². The molecule has 1 atom stereocenters. The summed E-state index contributed by atoms with van der Waals surface area (Å²) in [5.41, 5.74) is 0. The molecule has 1 unspecified atom stereocenters. The van der Waals surface area contributed by atoms with Gasteiger partial charge in [0.25, 0.3) is 0 Å². The second-order valence-electron chi connectivity index (χ2n) is 3.89. The molecule has 1 rings (SSSR count). The molecule has 0 spiro atoms. The van der Waals surface area contributed by atoms with Crippen molar-refractivity contribution in [1.29, 1.82) is 0 Å². The molecule has 1 aromatic heterocycles. The third-order valence-electron chi connectivity index (χ3n) is 2.32. The Balaban J connectivity index is 2.39. The van der Waals surface area contributed by atoms with Gasteiger partial charge in [-0.15, -0.1) is 0 Å². The van der Waals surface area contributed by atoms with Crippen LogP contribution >= 0.6 is 22.6 Å². The first-order valence-corrected chi connectivity index (χ1v) is 6.18. The highest BCUT2D eigenvalue weighted by Crippen LogP contribution is 2.11. The van der Waals surface area contributed by atoms with Gasteiger partial charge in [0.1, 0.15) is 5.76 Å². The van der Waals surface area contributed by atoms with Crippen LogP contribution in [0.25, 0.3) is 0 Å². The van der Waals surface area contributed by atoms with E-state index in [0.29, 0.717) is 12.0 Å². The van der Waals surface area contributed by atoms with E-state index in [1.807, 2.05) is 12.1 Å². The minimum absolute atomic E-state index is 0.373. The third-order valence-corrected chi connectivity index (χ3v) is 2.90. The van der Waals surface area contributed by atoms with E-state index in [1.54, 1.807) is 7.11 Å². The maximum absolute atomic E-state index is 5.48. The molecule has 0 saturated heterocycles. The molecule has 1 aromatic rings. The third kappa shape index (κ3) is 4.53. The van der Waals surface area contributed by atoms with Crippen molar-refractivity contribution in [1.82, 2.24) is 5.32 Å². The summed E-state index contributed by atoms with van der Waals surface area (Å²) in [7, 11) is 1.73. The monoisotopic (exact) mass is 323 g/mol. The number of halogens is 1. The van der Waals surface area contributed by atoms with Gasteiger partial charge >= 0.3 is 0 Å². The maximum Gasteiger partial charge on any atom is 0.164 e. The van der Waals surface area contributed by atoms with Crippen LogP contribution in [0.15, 0.2) is 16.5 Å². The molecule has 86 valence electrons. The number of methoxy groups -OCH3 is 1. The Morgan fingerprint density at radius 3 is 2.67 bits per heavy atom. The van der Waals surface area contributed by atoms with Crippen LogP contribution in [0.3, 0.4) is 0 Å². The number of ether oxygens (including phenoxy) is 1. The van der Waals surface area contributed by atoms with Gasteiger partial charge in [0.05, 0.1) is 13.2 Å². The summed E-state index contributed by atoms with van der Waals surface area (Å²) in [4.78, 5) is 0. The van der Waals surface area contributed by atoms with E-state index < -0.39 is 0 Å². The van der Waals surface area contributed by atoms with Crippen LogP contribution in [-0.4, -0.2) is 19.8 Å². The summed E-state index contributed by atoms with van der Waals surface area (Å²) < 4.78 is 11.6. The van der Waals surface area contributed by atoms with E-state index >= 15 is 0 Å². The highest BCUT2D eigenvalue weighted by Gasteiger charge is 2.12. The van der Waals surface area contributed by atoms with E-state index in [-0.39, 0.29) is 0 Å². The Bertz CT molecular complexity index is 286. The molecular weight excluding hydrogens is 305 g/mol. The molecule has 0 aliphatic rings. The summed E-state index contributed by atoms with van der Waals surface area (Å²) in [5.74, 6) is 1.53. The quantitative estimate of drug-likeness (QED) is 0.818. The molecule has 1 heterocycles. The molecule has 15 heavy (non-hydrogen) atoms. The molecule has 0 aliphatic heterocycles. The largest absolute Gasteiger partial charge is 0.454 e. The first-order valence-electron chi connectivity index (χ1n) is 5.10. The maximum atomic E-state index is 5.48. The Labute approximate surface area is 105 Å². The van der Waals surface area contributed by atoms with Gasteiger partial charge < -0.3 is 14.5 Å². The Morgan fingerprint density at radius 2 is 2.20 bits per heavy atom. The fraction of sp³-hybridized carbons (Fsp3) is 0.636. The molecule has 3 nitrogen and oxygen atoms in total. The van der Waals surface area contributed by atoms with E-state index in [1.165, 1.54) is 0 Å². The van der Waals surface area contributed by atoms with Gasteiger partial charge in [0.15, 0.2) is 3.77 Å². The number of nitrogens with one attached hydrogen (secondary N) is 1. The molecule has 0 aromatic carbocycles. The van der Waals surface area contributed by atoms with E-state index in [9.17, 15) is 0 Å².